The first kappa shape index (κ1) is 17.6. The molecule has 0 aromatic carbocycles. The average molecular weight is 341 g/mol. The van der Waals surface area contributed by atoms with E-state index in [9.17, 15) is 14.4 Å². The number of rotatable bonds is 7. The highest BCUT2D eigenvalue weighted by atomic mass is 31.1. The summed E-state index contributed by atoms with van der Waals surface area (Å²) < 4.78 is 10.7. The number of ether oxygens (including phenoxy) is 1. The monoisotopic (exact) mass is 341 g/mol. The van der Waals surface area contributed by atoms with E-state index in [1.54, 1.807) is 6.66 Å². The number of nitrogens with one attached hydrogen (secondary N) is 1. The quantitative estimate of drug-likeness (QED) is 0.547. The van der Waals surface area contributed by atoms with Crippen molar-refractivity contribution in [1.82, 2.24) is 10.2 Å². The minimum atomic E-state index is -0.872. The van der Waals surface area contributed by atoms with Gasteiger partial charge >= 0.3 is 0 Å². The van der Waals surface area contributed by atoms with Gasteiger partial charge in [0.25, 0.3) is 11.8 Å². The van der Waals surface area contributed by atoms with E-state index in [0.717, 1.165) is 0 Å². The van der Waals surface area contributed by atoms with Gasteiger partial charge in [0, 0.05) is 13.3 Å². The molecule has 0 spiro atoms. The Morgan fingerprint density at radius 3 is 2.74 bits per heavy atom. The number of hydrogen-bond donors (Lipinski definition) is 1. The fourth-order valence-electron chi connectivity index (χ4n) is 2.87. The van der Waals surface area contributed by atoms with Crippen molar-refractivity contribution in [2.24, 2.45) is 0 Å². The second kappa shape index (κ2) is 7.23. The molecule has 1 N–H and O–H groups in total. The van der Waals surface area contributed by atoms with Crippen molar-refractivity contribution in [3.8, 4) is 0 Å². The van der Waals surface area contributed by atoms with Crippen molar-refractivity contribution in [2.75, 3.05) is 19.9 Å². The van der Waals surface area contributed by atoms with Gasteiger partial charge in [-0.25, -0.2) is 0 Å². The number of hydrogen-bond acceptors (Lipinski definition) is 5. The van der Waals surface area contributed by atoms with Gasteiger partial charge in [0.1, 0.15) is 30.5 Å². The predicted molar refractivity (Wildman–Crippen MR) is 87.0 cm³/mol. The normalized spacial score (nSPS) is 23.9. The molecular formula is C15H22N2O5P+. The number of allylic oxidation sites excluding steroid dienone is 2. The first-order chi connectivity index (χ1) is 10.9. The number of nitrogens with zero attached hydrogens (tertiary/aromatic N) is 1. The smallest absolute Gasteiger partial charge is 0.252 e. The summed E-state index contributed by atoms with van der Waals surface area (Å²) in [6, 6.07) is -0.797. The molecule has 0 aliphatic carbocycles. The average Bonchev–Trinajstić information content (AvgIpc) is 2.50. The summed E-state index contributed by atoms with van der Waals surface area (Å²) in [5.74, 6) is -0.261. The molecule has 8 heteroatoms. The Morgan fingerprint density at radius 2 is 2.17 bits per heavy atom. The predicted octanol–water partition coefficient (Wildman–Crippen LogP) is 0.788. The van der Waals surface area contributed by atoms with Crippen molar-refractivity contribution in [3.63, 3.8) is 0 Å². The molecule has 1 fully saturated rings. The van der Waals surface area contributed by atoms with Crippen LogP contribution in [0, 0.1) is 0 Å². The molecular weight excluding hydrogens is 319 g/mol. The molecule has 0 aromatic heterocycles. The van der Waals surface area contributed by atoms with Crippen molar-refractivity contribution >= 4 is 31.7 Å². The van der Waals surface area contributed by atoms with Crippen molar-refractivity contribution in [3.05, 3.63) is 11.5 Å². The Morgan fingerprint density at radius 1 is 1.48 bits per heavy atom. The summed E-state index contributed by atoms with van der Waals surface area (Å²) >= 11 is 0. The maximum Gasteiger partial charge on any atom is 0.252 e. The van der Waals surface area contributed by atoms with E-state index in [2.05, 4.69) is 11.6 Å². The van der Waals surface area contributed by atoms with Gasteiger partial charge in [0.2, 0.25) is 7.77 Å². The molecule has 7 nitrogen and oxygen atoms in total. The lowest BCUT2D eigenvalue weighted by Gasteiger charge is -2.50. The Hall–Kier alpha value is -1.72. The summed E-state index contributed by atoms with van der Waals surface area (Å²) in [5.41, 5.74) is 0.324. The first-order valence-corrected chi connectivity index (χ1v) is 9.42. The van der Waals surface area contributed by atoms with E-state index in [1.807, 2.05) is 6.92 Å². The fourth-order valence-corrected chi connectivity index (χ4v) is 3.21. The standard InChI is InChI=1S/C15H21N2O5P/c1-5-21-11-7-6-10-13(16-12(19)8-22-23(3)4)15(20)17(10)14(11)9(2)18/h10,13H,3,5-8H2,1-2,4H3/p+1. The molecule has 126 valence electrons. The van der Waals surface area contributed by atoms with Gasteiger partial charge in [-0.15, -0.1) is 0 Å². The van der Waals surface area contributed by atoms with Crippen LogP contribution in [0.3, 0.4) is 0 Å². The molecule has 0 aromatic rings. The number of fused-ring (bicyclic) bond motifs is 1. The van der Waals surface area contributed by atoms with Gasteiger partial charge in [0.05, 0.1) is 12.6 Å². The molecule has 2 aliphatic rings. The van der Waals surface area contributed by atoms with Crippen LogP contribution in [0.25, 0.3) is 0 Å². The Bertz CT molecular complexity index is 586. The van der Waals surface area contributed by atoms with Gasteiger partial charge in [-0.05, 0) is 13.3 Å². The highest BCUT2D eigenvalue weighted by molar-refractivity contribution is 7.49. The van der Waals surface area contributed by atoms with Crippen LogP contribution in [-0.4, -0.2) is 60.8 Å². The zero-order chi connectivity index (χ0) is 17.1. The van der Waals surface area contributed by atoms with Crippen LogP contribution in [0.4, 0.5) is 0 Å². The van der Waals surface area contributed by atoms with E-state index in [-0.39, 0.29) is 30.2 Å². The summed E-state index contributed by atoms with van der Waals surface area (Å²) in [4.78, 5) is 37.5. The molecule has 3 atom stereocenters. The zero-order valence-electron chi connectivity index (χ0n) is 13.6. The Labute approximate surface area is 136 Å². The number of carbonyl (C=O) groups is 3. The van der Waals surface area contributed by atoms with E-state index in [4.69, 9.17) is 9.26 Å². The molecule has 2 aliphatic heterocycles. The SMILES string of the molecule is C=[P+](C)OCC(=O)NC1C(=O)N2C(C(C)=O)=C(OCC)CCC12. The van der Waals surface area contributed by atoms with Gasteiger partial charge in [-0.3, -0.25) is 19.3 Å². The number of Topliss-reactive ketones (excluding diaryl/α,β-unsaturated/α-hetero) is 1. The van der Waals surface area contributed by atoms with Crippen LogP contribution < -0.4 is 5.32 Å². The summed E-state index contributed by atoms with van der Waals surface area (Å²) in [6.45, 7) is 5.38. The topological polar surface area (TPSA) is 84.9 Å². The lowest BCUT2D eigenvalue weighted by molar-refractivity contribution is -0.154. The van der Waals surface area contributed by atoms with Gasteiger partial charge < -0.3 is 10.1 Å². The van der Waals surface area contributed by atoms with Crippen molar-refractivity contribution < 1.29 is 23.6 Å². The van der Waals surface area contributed by atoms with Gasteiger partial charge in [-0.2, -0.15) is 4.52 Å². The lowest BCUT2D eigenvalue weighted by atomic mass is 9.85. The number of ketones is 1. The highest BCUT2D eigenvalue weighted by Gasteiger charge is 2.53. The number of β-lactam (4-membered cyclic amide) rings is 1. The molecule has 3 unspecified atom stereocenters. The molecule has 0 saturated carbocycles. The van der Waals surface area contributed by atoms with Crippen LogP contribution in [0.5, 0.6) is 0 Å². The maximum atomic E-state index is 12.4. The molecule has 0 bridgehead atoms. The van der Waals surface area contributed by atoms with Gasteiger partial charge in [0.15, 0.2) is 12.4 Å². The number of amides is 2. The van der Waals surface area contributed by atoms with E-state index in [1.165, 1.54) is 11.8 Å². The molecule has 1 saturated heterocycles. The van der Waals surface area contributed by atoms with Crippen LogP contribution in [0.1, 0.15) is 26.7 Å². The first-order valence-electron chi connectivity index (χ1n) is 7.53. The molecule has 2 rings (SSSR count). The van der Waals surface area contributed by atoms with Crippen LogP contribution in [-0.2, 0) is 23.6 Å². The molecule has 0 radical (unpaired) electrons. The van der Waals surface area contributed by atoms with Crippen LogP contribution in [0.15, 0.2) is 11.5 Å². The minimum Gasteiger partial charge on any atom is -0.496 e. The third kappa shape index (κ3) is 3.62. The largest absolute Gasteiger partial charge is 0.496 e. The van der Waals surface area contributed by atoms with Crippen molar-refractivity contribution in [2.45, 2.75) is 38.8 Å². The molecule has 2 heterocycles. The lowest BCUT2D eigenvalue weighted by Crippen LogP contribution is -2.71. The van der Waals surface area contributed by atoms with E-state index < -0.39 is 13.8 Å². The highest BCUT2D eigenvalue weighted by Crippen LogP contribution is 2.37. The minimum absolute atomic E-state index is 0.109. The summed E-state index contributed by atoms with van der Waals surface area (Å²) in [5, 5.41) is 2.68. The van der Waals surface area contributed by atoms with Gasteiger partial charge in [-0.1, -0.05) is 0 Å². The van der Waals surface area contributed by atoms with E-state index in [0.29, 0.717) is 30.9 Å². The summed E-state index contributed by atoms with van der Waals surface area (Å²) in [6.07, 6.45) is 4.92. The zero-order valence-corrected chi connectivity index (χ0v) is 14.5. The second-order valence-corrected chi connectivity index (χ2v) is 7.04. The molecule has 2 amide bonds. The fraction of sp³-hybridized carbons (Fsp3) is 0.600. The Kier molecular flexibility index (Phi) is 5.55. The second-order valence-electron chi connectivity index (χ2n) is 5.52. The Balaban J connectivity index is 2.06. The van der Waals surface area contributed by atoms with Crippen molar-refractivity contribution in [1.29, 1.82) is 0 Å². The van der Waals surface area contributed by atoms with Crippen LogP contribution >= 0.6 is 7.77 Å². The molecule has 23 heavy (non-hydrogen) atoms. The third-order valence-electron chi connectivity index (χ3n) is 3.78. The third-order valence-corrected chi connectivity index (χ3v) is 4.35. The van der Waals surface area contributed by atoms with Crippen LogP contribution in [0.2, 0.25) is 0 Å². The van der Waals surface area contributed by atoms with E-state index >= 15 is 0 Å². The maximum absolute atomic E-state index is 12.4. The summed E-state index contributed by atoms with van der Waals surface area (Å²) in [7, 11) is -0.872. The number of carbonyl (C=O) groups excluding carboxylic acids is 3.